The topological polar surface area (TPSA) is 91.6 Å². The van der Waals surface area contributed by atoms with Crippen molar-refractivity contribution in [2.24, 2.45) is 5.41 Å². The van der Waals surface area contributed by atoms with Gasteiger partial charge in [-0.2, -0.15) is 5.10 Å². The number of nitrogens with one attached hydrogen (secondary N) is 2. The van der Waals surface area contributed by atoms with Gasteiger partial charge < -0.3 is 10.2 Å². The molecule has 3 fully saturated rings. The Bertz CT molecular complexity index is 950. The van der Waals surface area contributed by atoms with E-state index in [1.807, 2.05) is 0 Å². The van der Waals surface area contributed by atoms with E-state index in [1.165, 1.54) is 0 Å². The normalized spacial score (nSPS) is 26.1. The van der Waals surface area contributed by atoms with E-state index in [0.29, 0.717) is 30.9 Å². The predicted molar refractivity (Wildman–Crippen MR) is 90.7 cm³/mol. The summed E-state index contributed by atoms with van der Waals surface area (Å²) in [6, 6.07) is 1.27. The second kappa shape index (κ2) is 5.37. The molecule has 1 spiro atoms. The van der Waals surface area contributed by atoms with Gasteiger partial charge in [-0.05, 0) is 12.5 Å². The number of carbonyl (C=O) groups excluding carboxylic acids is 2. The summed E-state index contributed by atoms with van der Waals surface area (Å²) < 4.78 is 28.4. The van der Waals surface area contributed by atoms with Crippen molar-refractivity contribution in [3.63, 3.8) is 0 Å². The van der Waals surface area contributed by atoms with Crippen molar-refractivity contribution in [2.75, 3.05) is 24.5 Å². The van der Waals surface area contributed by atoms with Gasteiger partial charge in [0.05, 0.1) is 17.3 Å². The van der Waals surface area contributed by atoms with Crippen molar-refractivity contribution in [1.82, 2.24) is 25.2 Å². The van der Waals surface area contributed by atoms with Crippen LogP contribution in [0.2, 0.25) is 0 Å². The van der Waals surface area contributed by atoms with Gasteiger partial charge in [-0.3, -0.25) is 10.1 Å². The third-order valence-corrected chi connectivity index (χ3v) is 5.78. The number of carbonyl (C=O) groups is 2. The van der Waals surface area contributed by atoms with E-state index >= 15 is 0 Å². The molecule has 1 saturated carbocycles. The number of halogens is 2. The average molecular weight is 376 g/mol. The number of hydrogen-bond donors (Lipinski definition) is 2. The number of fused-ring (bicyclic) bond motifs is 1. The molecule has 2 N–H and O–H groups in total. The molecule has 0 aromatic carbocycles. The number of imidazole rings is 1. The molecule has 5 rings (SSSR count). The zero-order chi connectivity index (χ0) is 18.8. The van der Waals surface area contributed by atoms with Crippen LogP contribution in [0.1, 0.15) is 30.9 Å². The van der Waals surface area contributed by atoms with Gasteiger partial charge in [0, 0.05) is 50.3 Å². The van der Waals surface area contributed by atoms with Crippen LogP contribution in [0.3, 0.4) is 0 Å². The first kappa shape index (κ1) is 16.4. The number of amides is 3. The first-order valence-electron chi connectivity index (χ1n) is 8.90. The largest absolute Gasteiger partial charge is 0.368 e. The van der Waals surface area contributed by atoms with Gasteiger partial charge in [-0.25, -0.2) is 23.1 Å². The highest BCUT2D eigenvalue weighted by molar-refractivity contribution is 6.00. The Morgan fingerprint density at radius 2 is 2.07 bits per heavy atom. The van der Waals surface area contributed by atoms with E-state index < -0.39 is 23.8 Å². The number of nitrogens with zero attached hydrogens (tertiary/aromatic N) is 4. The van der Waals surface area contributed by atoms with E-state index in [1.54, 1.807) is 23.0 Å². The number of urea groups is 1. The lowest BCUT2D eigenvalue weighted by molar-refractivity contribution is -0.152. The molecule has 0 bridgehead atoms. The third-order valence-electron chi connectivity index (χ3n) is 5.78. The minimum absolute atomic E-state index is 0.0732. The van der Waals surface area contributed by atoms with Crippen LogP contribution in [-0.4, -0.2) is 52.1 Å². The molecule has 2 aromatic rings. The Morgan fingerprint density at radius 1 is 1.26 bits per heavy atom. The van der Waals surface area contributed by atoms with Crippen molar-refractivity contribution >= 4 is 23.3 Å². The Kier molecular flexibility index (Phi) is 3.26. The Labute approximate surface area is 152 Å². The van der Waals surface area contributed by atoms with E-state index in [4.69, 9.17) is 0 Å². The summed E-state index contributed by atoms with van der Waals surface area (Å²) in [6.45, 7) is 1.37. The minimum atomic E-state index is -2.56. The number of aromatic nitrogens is 3. The lowest BCUT2D eigenvalue weighted by atomic mass is 9.65. The molecule has 3 amide bonds. The van der Waals surface area contributed by atoms with Crippen molar-refractivity contribution in [3.05, 3.63) is 24.2 Å². The van der Waals surface area contributed by atoms with Gasteiger partial charge in [0.15, 0.2) is 5.65 Å². The quantitative estimate of drug-likeness (QED) is 0.824. The van der Waals surface area contributed by atoms with Crippen LogP contribution in [-0.2, 0) is 4.79 Å². The van der Waals surface area contributed by atoms with E-state index in [-0.39, 0.29) is 24.8 Å². The molecule has 2 saturated heterocycles. The molecule has 2 aromatic heterocycles. The molecular formula is C17H18F2N6O2. The molecule has 8 nitrogen and oxygen atoms in total. The molecule has 27 heavy (non-hydrogen) atoms. The number of alkyl halides is 2. The first-order chi connectivity index (χ1) is 12.8. The number of hydrogen-bond acceptors (Lipinski definition) is 5. The van der Waals surface area contributed by atoms with E-state index in [9.17, 15) is 18.4 Å². The van der Waals surface area contributed by atoms with Crippen molar-refractivity contribution in [1.29, 1.82) is 0 Å². The van der Waals surface area contributed by atoms with Gasteiger partial charge in [0.25, 0.3) is 0 Å². The molecule has 142 valence electrons. The lowest BCUT2D eigenvalue weighted by Crippen LogP contribution is -2.51. The molecule has 3 aliphatic rings. The second-order valence-electron chi connectivity index (χ2n) is 7.78. The van der Waals surface area contributed by atoms with Crippen LogP contribution in [0.15, 0.2) is 18.5 Å². The zero-order valence-corrected chi connectivity index (χ0v) is 14.4. The zero-order valence-electron chi connectivity index (χ0n) is 14.4. The van der Waals surface area contributed by atoms with Crippen molar-refractivity contribution < 1.29 is 18.4 Å². The molecule has 1 unspecified atom stereocenters. The average Bonchev–Trinajstić information content (AvgIpc) is 3.20. The molecule has 1 aliphatic carbocycles. The SMILES string of the molecule is O=C1NCC(c2cc(N3CCC4(C3)CC(F)(F)C4)c3nccn3n2)C(=O)N1. The highest BCUT2D eigenvalue weighted by Gasteiger charge is 2.58. The van der Waals surface area contributed by atoms with Crippen LogP contribution in [0.4, 0.5) is 19.3 Å². The molecular weight excluding hydrogens is 358 g/mol. The maximum Gasteiger partial charge on any atom is 0.321 e. The van der Waals surface area contributed by atoms with Gasteiger partial charge in [-0.15, -0.1) is 0 Å². The standard InChI is InChI=1S/C17H18F2N6O2/c18-17(19)7-16(8-17)1-3-24(9-16)12-5-11(23-25-4-2-20-13(12)25)10-6-21-15(27)22-14(10)26/h2,4-5,10H,1,3,6-9H2,(H2,21,22,26,27). The number of anilines is 1. The van der Waals surface area contributed by atoms with Crippen LogP contribution in [0, 0.1) is 5.41 Å². The molecule has 4 heterocycles. The summed E-state index contributed by atoms with van der Waals surface area (Å²) in [5.74, 6) is -3.58. The maximum absolute atomic E-state index is 13.4. The van der Waals surface area contributed by atoms with Crippen molar-refractivity contribution in [3.8, 4) is 0 Å². The molecule has 1 atom stereocenters. The number of rotatable bonds is 2. The Balaban J connectivity index is 1.48. The summed E-state index contributed by atoms with van der Waals surface area (Å²) in [7, 11) is 0. The fourth-order valence-corrected chi connectivity index (χ4v) is 4.57. The van der Waals surface area contributed by atoms with Crippen LogP contribution in [0.25, 0.3) is 5.65 Å². The van der Waals surface area contributed by atoms with E-state index in [2.05, 4.69) is 25.6 Å². The molecule has 2 aliphatic heterocycles. The van der Waals surface area contributed by atoms with Crippen LogP contribution >= 0.6 is 0 Å². The molecule has 0 radical (unpaired) electrons. The number of imide groups is 1. The molecule has 10 heteroatoms. The fourth-order valence-electron chi connectivity index (χ4n) is 4.57. The summed E-state index contributed by atoms with van der Waals surface area (Å²) in [5, 5.41) is 9.30. The Morgan fingerprint density at radius 3 is 2.81 bits per heavy atom. The summed E-state index contributed by atoms with van der Waals surface area (Å²) >= 11 is 0. The monoisotopic (exact) mass is 376 g/mol. The summed E-state index contributed by atoms with van der Waals surface area (Å²) in [4.78, 5) is 29.9. The van der Waals surface area contributed by atoms with Gasteiger partial charge in [-0.1, -0.05) is 0 Å². The smallest absolute Gasteiger partial charge is 0.321 e. The second-order valence-corrected chi connectivity index (χ2v) is 7.78. The van der Waals surface area contributed by atoms with Crippen LogP contribution < -0.4 is 15.5 Å². The lowest BCUT2D eigenvalue weighted by Gasteiger charge is -2.44. The summed E-state index contributed by atoms with van der Waals surface area (Å²) in [6.07, 6.45) is 3.87. The fraction of sp³-hybridized carbons (Fsp3) is 0.529. The predicted octanol–water partition coefficient (Wildman–Crippen LogP) is 1.28. The highest BCUT2D eigenvalue weighted by Crippen LogP contribution is 2.57. The Hall–Kier alpha value is -2.78. The van der Waals surface area contributed by atoms with Gasteiger partial charge in [0.2, 0.25) is 11.8 Å². The minimum Gasteiger partial charge on any atom is -0.368 e. The van der Waals surface area contributed by atoms with E-state index in [0.717, 1.165) is 5.69 Å². The van der Waals surface area contributed by atoms with Crippen molar-refractivity contribution in [2.45, 2.75) is 31.1 Å². The highest BCUT2D eigenvalue weighted by atomic mass is 19.3. The van der Waals surface area contributed by atoms with Gasteiger partial charge in [0.1, 0.15) is 0 Å². The van der Waals surface area contributed by atoms with Gasteiger partial charge >= 0.3 is 6.03 Å². The maximum atomic E-state index is 13.4. The third kappa shape index (κ3) is 2.62. The first-order valence-corrected chi connectivity index (χ1v) is 8.90. The van der Waals surface area contributed by atoms with Crippen LogP contribution in [0.5, 0.6) is 0 Å². The summed E-state index contributed by atoms with van der Waals surface area (Å²) in [5.41, 5.74) is 1.57.